The van der Waals surface area contributed by atoms with Gasteiger partial charge in [-0.2, -0.15) is 0 Å². The SMILES string of the molecule is CCC1=NCCN1CCNCCNCCN. The number of aliphatic imine (C=N–C) groups is 1. The molecular weight excluding hydrogens is 202 g/mol. The summed E-state index contributed by atoms with van der Waals surface area (Å²) in [5.74, 6) is 1.27. The molecule has 1 heterocycles. The molecule has 0 aromatic carbocycles. The minimum atomic E-state index is 0.712. The first-order chi connectivity index (χ1) is 7.88. The van der Waals surface area contributed by atoms with E-state index in [0.29, 0.717) is 6.54 Å². The summed E-state index contributed by atoms with van der Waals surface area (Å²) in [6.07, 6.45) is 1.05. The van der Waals surface area contributed by atoms with E-state index in [0.717, 1.165) is 52.2 Å². The zero-order chi connectivity index (χ0) is 11.6. The molecule has 1 rings (SSSR count). The summed E-state index contributed by atoms with van der Waals surface area (Å²) >= 11 is 0. The largest absolute Gasteiger partial charge is 0.357 e. The van der Waals surface area contributed by atoms with Crippen LogP contribution in [0.2, 0.25) is 0 Å². The lowest BCUT2D eigenvalue weighted by Crippen LogP contribution is -2.37. The Morgan fingerprint density at radius 3 is 2.69 bits per heavy atom. The van der Waals surface area contributed by atoms with Crippen molar-refractivity contribution in [3.05, 3.63) is 0 Å². The molecule has 16 heavy (non-hydrogen) atoms. The highest BCUT2D eigenvalue weighted by Gasteiger charge is 2.13. The monoisotopic (exact) mass is 227 g/mol. The van der Waals surface area contributed by atoms with Gasteiger partial charge in [0.05, 0.1) is 12.4 Å². The Balaban J connectivity index is 1.93. The number of amidine groups is 1. The molecule has 5 nitrogen and oxygen atoms in total. The Kier molecular flexibility index (Phi) is 7.12. The normalized spacial score (nSPS) is 15.6. The van der Waals surface area contributed by atoms with Crippen LogP contribution in [0.3, 0.4) is 0 Å². The quantitative estimate of drug-likeness (QED) is 0.453. The van der Waals surface area contributed by atoms with Crippen LogP contribution in [-0.4, -0.2) is 63.1 Å². The van der Waals surface area contributed by atoms with Gasteiger partial charge >= 0.3 is 0 Å². The van der Waals surface area contributed by atoms with Crippen LogP contribution in [0.15, 0.2) is 4.99 Å². The average Bonchev–Trinajstić information content (AvgIpc) is 2.75. The molecule has 0 aromatic heterocycles. The second-order valence-electron chi connectivity index (χ2n) is 3.93. The molecule has 0 fully saturated rings. The lowest BCUT2D eigenvalue weighted by atomic mass is 10.4. The van der Waals surface area contributed by atoms with Crippen molar-refractivity contribution in [1.82, 2.24) is 15.5 Å². The van der Waals surface area contributed by atoms with E-state index in [1.807, 2.05) is 0 Å². The molecule has 0 bridgehead atoms. The summed E-state index contributed by atoms with van der Waals surface area (Å²) in [6, 6.07) is 0. The van der Waals surface area contributed by atoms with Gasteiger partial charge in [0.1, 0.15) is 0 Å². The van der Waals surface area contributed by atoms with Gasteiger partial charge in [-0.3, -0.25) is 4.99 Å². The number of nitrogens with two attached hydrogens (primary N) is 1. The Bertz CT molecular complexity index is 205. The summed E-state index contributed by atoms with van der Waals surface area (Å²) in [7, 11) is 0. The summed E-state index contributed by atoms with van der Waals surface area (Å²) in [5.41, 5.74) is 5.38. The molecule has 0 atom stereocenters. The van der Waals surface area contributed by atoms with Crippen LogP contribution in [-0.2, 0) is 0 Å². The van der Waals surface area contributed by atoms with Gasteiger partial charge in [0.25, 0.3) is 0 Å². The van der Waals surface area contributed by atoms with Crippen LogP contribution >= 0.6 is 0 Å². The highest BCUT2D eigenvalue weighted by atomic mass is 15.2. The second-order valence-corrected chi connectivity index (χ2v) is 3.93. The van der Waals surface area contributed by atoms with Gasteiger partial charge in [-0.1, -0.05) is 6.92 Å². The molecule has 0 radical (unpaired) electrons. The van der Waals surface area contributed by atoms with Gasteiger partial charge in [0.2, 0.25) is 0 Å². The van der Waals surface area contributed by atoms with E-state index < -0.39 is 0 Å². The number of hydrogen-bond acceptors (Lipinski definition) is 5. The molecule has 1 aliphatic rings. The lowest BCUT2D eigenvalue weighted by molar-refractivity contribution is 0.436. The number of hydrogen-bond donors (Lipinski definition) is 3. The Hall–Kier alpha value is -0.650. The Labute approximate surface area is 98.5 Å². The highest BCUT2D eigenvalue weighted by molar-refractivity contribution is 5.83. The maximum Gasteiger partial charge on any atom is 0.0988 e. The molecule has 0 amide bonds. The van der Waals surface area contributed by atoms with Crippen molar-refractivity contribution in [3.63, 3.8) is 0 Å². The van der Waals surface area contributed by atoms with Gasteiger partial charge in [-0.25, -0.2) is 0 Å². The molecule has 0 aliphatic carbocycles. The highest BCUT2D eigenvalue weighted by Crippen LogP contribution is 2.03. The standard InChI is InChI=1S/C11H25N5/c1-2-11-15-8-10-16(11)9-7-14-6-5-13-4-3-12/h13-14H,2-10,12H2,1H3. The Morgan fingerprint density at radius 1 is 1.25 bits per heavy atom. The summed E-state index contributed by atoms with van der Waals surface area (Å²) in [4.78, 5) is 6.84. The summed E-state index contributed by atoms with van der Waals surface area (Å²) in [5, 5.41) is 6.67. The second kappa shape index (κ2) is 8.50. The van der Waals surface area contributed by atoms with Crippen molar-refractivity contribution in [1.29, 1.82) is 0 Å². The van der Waals surface area contributed by atoms with E-state index in [-0.39, 0.29) is 0 Å². The van der Waals surface area contributed by atoms with E-state index >= 15 is 0 Å². The first kappa shape index (κ1) is 13.4. The number of nitrogens with zero attached hydrogens (tertiary/aromatic N) is 2. The van der Waals surface area contributed by atoms with Crippen LogP contribution in [0.4, 0.5) is 0 Å². The molecule has 5 heteroatoms. The molecule has 0 saturated heterocycles. The smallest absolute Gasteiger partial charge is 0.0988 e. The predicted molar refractivity (Wildman–Crippen MR) is 69.0 cm³/mol. The van der Waals surface area contributed by atoms with Crippen molar-refractivity contribution in [2.75, 3.05) is 52.4 Å². The van der Waals surface area contributed by atoms with Crippen molar-refractivity contribution in [2.24, 2.45) is 10.7 Å². The maximum absolute atomic E-state index is 5.38. The fraction of sp³-hybridized carbons (Fsp3) is 0.909. The fourth-order valence-electron chi connectivity index (χ4n) is 1.85. The van der Waals surface area contributed by atoms with Crippen molar-refractivity contribution < 1.29 is 0 Å². The van der Waals surface area contributed by atoms with Crippen LogP contribution in [0.1, 0.15) is 13.3 Å². The van der Waals surface area contributed by atoms with E-state index in [4.69, 9.17) is 5.73 Å². The van der Waals surface area contributed by atoms with Crippen LogP contribution in [0.5, 0.6) is 0 Å². The van der Waals surface area contributed by atoms with E-state index in [9.17, 15) is 0 Å². The zero-order valence-corrected chi connectivity index (χ0v) is 10.3. The summed E-state index contributed by atoms with van der Waals surface area (Å²) < 4.78 is 0. The van der Waals surface area contributed by atoms with Gasteiger partial charge in [0, 0.05) is 52.2 Å². The van der Waals surface area contributed by atoms with Crippen LogP contribution < -0.4 is 16.4 Å². The molecule has 94 valence electrons. The van der Waals surface area contributed by atoms with E-state index in [1.54, 1.807) is 0 Å². The third kappa shape index (κ3) is 4.92. The fourth-order valence-corrected chi connectivity index (χ4v) is 1.85. The lowest BCUT2D eigenvalue weighted by Gasteiger charge is -2.19. The number of rotatable bonds is 9. The van der Waals surface area contributed by atoms with Gasteiger partial charge < -0.3 is 21.3 Å². The predicted octanol–water partition coefficient (Wildman–Crippen LogP) is -0.752. The molecule has 0 unspecified atom stereocenters. The molecular formula is C11H25N5. The van der Waals surface area contributed by atoms with E-state index in [1.165, 1.54) is 5.84 Å². The van der Waals surface area contributed by atoms with Crippen molar-refractivity contribution in [2.45, 2.75) is 13.3 Å². The molecule has 0 spiro atoms. The topological polar surface area (TPSA) is 65.7 Å². The first-order valence-corrected chi connectivity index (χ1v) is 6.28. The Morgan fingerprint density at radius 2 is 2.00 bits per heavy atom. The van der Waals surface area contributed by atoms with E-state index in [2.05, 4.69) is 27.4 Å². The first-order valence-electron chi connectivity index (χ1n) is 6.28. The number of nitrogens with one attached hydrogen (secondary N) is 2. The van der Waals surface area contributed by atoms with Crippen LogP contribution in [0.25, 0.3) is 0 Å². The van der Waals surface area contributed by atoms with Gasteiger partial charge in [-0.15, -0.1) is 0 Å². The minimum Gasteiger partial charge on any atom is -0.357 e. The van der Waals surface area contributed by atoms with Gasteiger partial charge in [0.15, 0.2) is 0 Å². The van der Waals surface area contributed by atoms with Crippen LogP contribution in [0, 0.1) is 0 Å². The molecule has 0 aromatic rings. The third-order valence-corrected chi connectivity index (χ3v) is 2.70. The average molecular weight is 227 g/mol. The minimum absolute atomic E-state index is 0.712. The molecule has 0 saturated carbocycles. The zero-order valence-electron chi connectivity index (χ0n) is 10.3. The third-order valence-electron chi connectivity index (χ3n) is 2.70. The van der Waals surface area contributed by atoms with Crippen molar-refractivity contribution in [3.8, 4) is 0 Å². The summed E-state index contributed by atoms with van der Waals surface area (Å²) in [6.45, 7) is 9.95. The molecule has 4 N–H and O–H groups in total. The van der Waals surface area contributed by atoms with Crippen molar-refractivity contribution >= 4 is 5.84 Å². The molecule has 1 aliphatic heterocycles. The maximum atomic E-state index is 5.38. The van der Waals surface area contributed by atoms with Gasteiger partial charge in [-0.05, 0) is 0 Å².